The van der Waals surface area contributed by atoms with Crippen LogP contribution in [0.25, 0.3) is 0 Å². The van der Waals surface area contributed by atoms with E-state index in [4.69, 9.17) is 14.2 Å². The van der Waals surface area contributed by atoms with Crippen LogP contribution in [0.1, 0.15) is 34.6 Å². The first-order valence-electron chi connectivity index (χ1n) is 6.29. The molecule has 0 bridgehead atoms. The van der Waals surface area contributed by atoms with Crippen LogP contribution in [0.4, 0.5) is 0 Å². The van der Waals surface area contributed by atoms with Crippen LogP contribution in [0.2, 0.25) is 0 Å². The van der Waals surface area contributed by atoms with Crippen molar-refractivity contribution in [2.45, 2.75) is 52.9 Å². The van der Waals surface area contributed by atoms with Crippen molar-refractivity contribution in [3.63, 3.8) is 0 Å². The van der Waals surface area contributed by atoms with E-state index >= 15 is 0 Å². The number of esters is 2. The molecule has 0 aromatic rings. The molecule has 18 heavy (non-hydrogen) atoms. The first-order chi connectivity index (χ1) is 8.32. The molecular weight excluding hydrogens is 236 g/mol. The molecule has 1 aliphatic rings. The molecule has 0 saturated carbocycles. The van der Waals surface area contributed by atoms with Crippen LogP contribution in [0.3, 0.4) is 0 Å². The van der Waals surface area contributed by atoms with Gasteiger partial charge in [0.25, 0.3) is 0 Å². The highest BCUT2D eigenvalue weighted by Gasteiger charge is 2.41. The lowest BCUT2D eigenvalue weighted by molar-refractivity contribution is -0.199. The zero-order valence-electron chi connectivity index (χ0n) is 11.6. The first kappa shape index (κ1) is 15.0. The first-order valence-corrected chi connectivity index (χ1v) is 6.29. The van der Waals surface area contributed by atoms with Gasteiger partial charge in [0.15, 0.2) is 0 Å². The summed E-state index contributed by atoms with van der Waals surface area (Å²) in [6, 6.07) is 0. The molecule has 5 heteroatoms. The third kappa shape index (κ3) is 3.70. The number of carbonyl (C=O) groups excluding carboxylic acids is 2. The lowest BCUT2D eigenvalue weighted by Gasteiger charge is -2.42. The van der Waals surface area contributed by atoms with Gasteiger partial charge in [-0.15, -0.1) is 0 Å². The number of carbonyl (C=O) groups is 2. The fourth-order valence-corrected chi connectivity index (χ4v) is 2.33. The molecule has 1 fully saturated rings. The largest absolute Gasteiger partial charge is 0.463 e. The highest BCUT2D eigenvalue weighted by Crippen LogP contribution is 2.32. The average Bonchev–Trinajstić information content (AvgIpc) is 2.27. The van der Waals surface area contributed by atoms with Crippen molar-refractivity contribution in [3.8, 4) is 0 Å². The molecule has 5 atom stereocenters. The zero-order chi connectivity index (χ0) is 13.9. The maximum absolute atomic E-state index is 11.1. The molecule has 1 heterocycles. The summed E-state index contributed by atoms with van der Waals surface area (Å²) in [7, 11) is 0. The molecule has 104 valence electrons. The van der Waals surface area contributed by atoms with Crippen molar-refractivity contribution < 1.29 is 23.8 Å². The van der Waals surface area contributed by atoms with Gasteiger partial charge in [-0.05, 0) is 12.8 Å². The lowest BCUT2D eigenvalue weighted by Crippen LogP contribution is -2.51. The van der Waals surface area contributed by atoms with E-state index in [2.05, 4.69) is 0 Å². The molecule has 0 aromatic heterocycles. The number of rotatable bonds is 3. The Hall–Kier alpha value is -1.10. The van der Waals surface area contributed by atoms with E-state index in [0.29, 0.717) is 0 Å². The smallest absolute Gasteiger partial charge is 0.303 e. The molecule has 1 aliphatic heterocycles. The van der Waals surface area contributed by atoms with Crippen molar-refractivity contribution >= 4 is 11.9 Å². The van der Waals surface area contributed by atoms with Crippen molar-refractivity contribution in [3.05, 3.63) is 0 Å². The molecule has 0 radical (unpaired) electrons. The fourth-order valence-electron chi connectivity index (χ4n) is 2.33. The SMILES string of the molecule is CC(=O)OCC1OC(C)C(OC(C)=O)C(C)C1C. The van der Waals surface area contributed by atoms with Crippen LogP contribution in [0.5, 0.6) is 0 Å². The summed E-state index contributed by atoms with van der Waals surface area (Å²) in [5, 5.41) is 0. The summed E-state index contributed by atoms with van der Waals surface area (Å²) in [4.78, 5) is 21.9. The second-order valence-corrected chi connectivity index (χ2v) is 4.97. The predicted molar refractivity (Wildman–Crippen MR) is 64.9 cm³/mol. The maximum Gasteiger partial charge on any atom is 0.303 e. The second kappa shape index (κ2) is 6.18. The molecule has 1 rings (SSSR count). The van der Waals surface area contributed by atoms with Gasteiger partial charge in [-0.25, -0.2) is 0 Å². The van der Waals surface area contributed by atoms with Crippen LogP contribution in [-0.4, -0.2) is 36.9 Å². The molecule has 0 aliphatic carbocycles. The van der Waals surface area contributed by atoms with Crippen LogP contribution < -0.4 is 0 Å². The minimum Gasteiger partial charge on any atom is -0.463 e. The van der Waals surface area contributed by atoms with Crippen molar-refractivity contribution in [1.29, 1.82) is 0 Å². The van der Waals surface area contributed by atoms with E-state index in [1.807, 2.05) is 20.8 Å². The summed E-state index contributed by atoms with van der Waals surface area (Å²) in [6.07, 6.45) is -0.586. The lowest BCUT2D eigenvalue weighted by atomic mass is 9.82. The third-order valence-corrected chi connectivity index (χ3v) is 3.54. The van der Waals surface area contributed by atoms with E-state index in [0.717, 1.165) is 0 Å². The standard InChI is InChI=1S/C13H22O5/c1-7-8(2)13(18-11(5)15)9(3)17-12(7)6-16-10(4)14/h7-9,12-13H,6H2,1-5H3. The van der Waals surface area contributed by atoms with Gasteiger partial charge in [-0.2, -0.15) is 0 Å². The molecule has 1 saturated heterocycles. The Morgan fingerprint density at radius 2 is 1.67 bits per heavy atom. The summed E-state index contributed by atoms with van der Waals surface area (Å²) in [5.41, 5.74) is 0. The Labute approximate surface area is 108 Å². The minimum atomic E-state index is -0.312. The Morgan fingerprint density at radius 1 is 1.06 bits per heavy atom. The highest BCUT2D eigenvalue weighted by atomic mass is 16.6. The van der Waals surface area contributed by atoms with Gasteiger partial charge in [0, 0.05) is 19.8 Å². The van der Waals surface area contributed by atoms with Gasteiger partial charge in [-0.1, -0.05) is 13.8 Å². The summed E-state index contributed by atoms with van der Waals surface area (Å²) >= 11 is 0. The van der Waals surface area contributed by atoms with Gasteiger partial charge in [0.1, 0.15) is 12.7 Å². The molecule has 5 unspecified atom stereocenters. The second-order valence-electron chi connectivity index (χ2n) is 4.97. The summed E-state index contributed by atoms with van der Waals surface area (Å²) < 4.78 is 16.1. The van der Waals surface area contributed by atoms with Crippen LogP contribution in [0, 0.1) is 11.8 Å². The quantitative estimate of drug-likeness (QED) is 0.719. The van der Waals surface area contributed by atoms with Crippen molar-refractivity contribution in [1.82, 2.24) is 0 Å². The molecular formula is C13H22O5. The van der Waals surface area contributed by atoms with Crippen LogP contribution in [0.15, 0.2) is 0 Å². The minimum absolute atomic E-state index is 0.147. The molecule has 0 amide bonds. The van der Waals surface area contributed by atoms with E-state index in [1.165, 1.54) is 13.8 Å². The Morgan fingerprint density at radius 3 is 2.17 bits per heavy atom. The molecule has 0 N–H and O–H groups in total. The number of hydrogen-bond donors (Lipinski definition) is 0. The van der Waals surface area contributed by atoms with Crippen LogP contribution >= 0.6 is 0 Å². The Bertz CT molecular complexity index is 313. The van der Waals surface area contributed by atoms with Gasteiger partial charge in [-0.3, -0.25) is 9.59 Å². The van der Waals surface area contributed by atoms with Gasteiger partial charge in [0.2, 0.25) is 0 Å². The highest BCUT2D eigenvalue weighted by molar-refractivity contribution is 5.66. The molecule has 5 nitrogen and oxygen atoms in total. The normalized spacial score (nSPS) is 35.9. The monoisotopic (exact) mass is 258 g/mol. The van der Waals surface area contributed by atoms with Gasteiger partial charge >= 0.3 is 11.9 Å². The molecule has 0 spiro atoms. The summed E-state index contributed by atoms with van der Waals surface area (Å²) in [5.74, 6) is -0.288. The topological polar surface area (TPSA) is 61.8 Å². The fraction of sp³-hybridized carbons (Fsp3) is 0.846. The van der Waals surface area contributed by atoms with Crippen LogP contribution in [-0.2, 0) is 23.8 Å². The maximum atomic E-state index is 11.1. The Balaban J connectivity index is 2.64. The van der Waals surface area contributed by atoms with E-state index in [9.17, 15) is 9.59 Å². The van der Waals surface area contributed by atoms with Crippen molar-refractivity contribution in [2.24, 2.45) is 11.8 Å². The average molecular weight is 258 g/mol. The number of hydrogen-bond acceptors (Lipinski definition) is 5. The van der Waals surface area contributed by atoms with Gasteiger partial charge in [0.05, 0.1) is 12.2 Å². The summed E-state index contributed by atoms with van der Waals surface area (Å²) in [6.45, 7) is 8.94. The zero-order valence-corrected chi connectivity index (χ0v) is 11.6. The van der Waals surface area contributed by atoms with E-state index in [-0.39, 0.29) is 48.7 Å². The Kier molecular flexibility index (Phi) is 5.14. The van der Waals surface area contributed by atoms with Gasteiger partial charge < -0.3 is 14.2 Å². The third-order valence-electron chi connectivity index (χ3n) is 3.54. The van der Waals surface area contributed by atoms with E-state index in [1.54, 1.807) is 0 Å². The predicted octanol–water partition coefficient (Wildman–Crippen LogP) is 1.54. The van der Waals surface area contributed by atoms with Crippen molar-refractivity contribution in [2.75, 3.05) is 6.61 Å². The van der Waals surface area contributed by atoms with E-state index < -0.39 is 0 Å². The molecule has 0 aromatic carbocycles. The number of ether oxygens (including phenoxy) is 3.